The third-order valence-corrected chi connectivity index (χ3v) is 5.20. The summed E-state index contributed by atoms with van der Waals surface area (Å²) < 4.78 is 31.7. The smallest absolute Gasteiger partial charge is 0.475 e. The second-order valence-electron chi connectivity index (χ2n) is 6.79. The molecule has 0 bridgehead atoms. The topological polar surface area (TPSA) is 86.6 Å². The molecule has 7 nitrogen and oxygen atoms in total. The molecule has 3 rings (SSSR count). The summed E-state index contributed by atoms with van der Waals surface area (Å²) in [6.07, 6.45) is 5.70. The van der Waals surface area contributed by atoms with Crippen LogP contribution in [0.25, 0.3) is 0 Å². The first kappa shape index (κ1) is 21.1. The summed E-state index contributed by atoms with van der Waals surface area (Å²) in [4.78, 5) is 33.8. The minimum absolute atomic E-state index is 0.0198. The van der Waals surface area contributed by atoms with Gasteiger partial charge in [-0.2, -0.15) is 13.2 Å². The van der Waals surface area contributed by atoms with Gasteiger partial charge in [0.1, 0.15) is 5.69 Å². The summed E-state index contributed by atoms with van der Waals surface area (Å²) >= 11 is 0. The van der Waals surface area contributed by atoms with E-state index < -0.39 is 12.1 Å². The summed E-state index contributed by atoms with van der Waals surface area (Å²) in [6, 6.07) is 0. The molecule has 0 aromatic carbocycles. The number of hydrogen-bond acceptors (Lipinski definition) is 5. The Balaban J connectivity index is 0.000000321. The van der Waals surface area contributed by atoms with Crippen molar-refractivity contribution in [2.45, 2.75) is 43.8 Å². The van der Waals surface area contributed by atoms with Gasteiger partial charge in [-0.25, -0.2) is 9.78 Å². The van der Waals surface area contributed by atoms with E-state index >= 15 is 0 Å². The van der Waals surface area contributed by atoms with Gasteiger partial charge in [0.05, 0.1) is 6.20 Å². The Morgan fingerprint density at radius 1 is 1.11 bits per heavy atom. The number of aromatic nitrogens is 2. The maximum atomic E-state index is 12.4. The minimum atomic E-state index is -5.08. The highest BCUT2D eigenvalue weighted by Crippen LogP contribution is 2.36. The molecule has 1 N–H and O–H groups in total. The van der Waals surface area contributed by atoms with Gasteiger partial charge < -0.3 is 14.9 Å². The lowest BCUT2D eigenvalue weighted by Crippen LogP contribution is -2.56. The van der Waals surface area contributed by atoms with Crippen molar-refractivity contribution in [3.8, 4) is 0 Å². The van der Waals surface area contributed by atoms with Gasteiger partial charge in [-0.3, -0.25) is 9.78 Å². The number of carbonyl (C=O) groups is 2. The number of carboxylic acids is 1. The molecule has 0 aliphatic carbocycles. The summed E-state index contributed by atoms with van der Waals surface area (Å²) in [5, 5.41) is 7.12. The van der Waals surface area contributed by atoms with Crippen molar-refractivity contribution in [3.05, 3.63) is 24.3 Å². The number of rotatable bonds is 1. The molecule has 2 aliphatic rings. The Kier molecular flexibility index (Phi) is 6.74. The Morgan fingerprint density at radius 2 is 1.74 bits per heavy atom. The molecule has 0 radical (unpaired) electrons. The lowest BCUT2D eigenvalue weighted by Gasteiger charge is -2.50. The zero-order chi connectivity index (χ0) is 20.1. The fraction of sp³-hybridized carbons (Fsp3) is 0.647. The molecule has 1 aromatic rings. The lowest BCUT2D eigenvalue weighted by atomic mass is 9.79. The van der Waals surface area contributed by atoms with Crippen molar-refractivity contribution in [2.24, 2.45) is 0 Å². The molecule has 0 atom stereocenters. The van der Waals surface area contributed by atoms with Crippen molar-refractivity contribution >= 4 is 11.9 Å². The molecule has 2 aliphatic heterocycles. The van der Waals surface area contributed by atoms with Crippen LogP contribution in [0.2, 0.25) is 0 Å². The number of carboxylic acid groups (broad SMARTS) is 1. The van der Waals surface area contributed by atoms with Crippen molar-refractivity contribution in [2.75, 3.05) is 26.7 Å². The van der Waals surface area contributed by atoms with Crippen LogP contribution in [-0.4, -0.2) is 75.1 Å². The Labute approximate surface area is 155 Å². The summed E-state index contributed by atoms with van der Waals surface area (Å²) in [7, 11) is 2.24. The molecule has 2 saturated heterocycles. The monoisotopic (exact) mass is 388 g/mol. The number of likely N-dealkylation sites (tertiary alicyclic amines) is 2. The molecular formula is C17H23F3N4O3. The molecule has 150 valence electrons. The number of halogens is 3. The van der Waals surface area contributed by atoms with Gasteiger partial charge in [-0.1, -0.05) is 6.42 Å². The van der Waals surface area contributed by atoms with Gasteiger partial charge in [-0.05, 0) is 39.3 Å². The zero-order valence-electron chi connectivity index (χ0n) is 15.1. The van der Waals surface area contributed by atoms with Crippen LogP contribution in [0.5, 0.6) is 0 Å². The van der Waals surface area contributed by atoms with Crippen LogP contribution >= 0.6 is 0 Å². The van der Waals surface area contributed by atoms with E-state index in [0.29, 0.717) is 11.2 Å². The number of carbonyl (C=O) groups excluding carboxylic acids is 1. The quantitative estimate of drug-likeness (QED) is 0.794. The number of hydrogen-bond donors (Lipinski definition) is 1. The third kappa shape index (κ3) is 5.38. The van der Waals surface area contributed by atoms with Gasteiger partial charge in [0.25, 0.3) is 5.91 Å². The first-order valence-corrected chi connectivity index (χ1v) is 8.72. The second-order valence-corrected chi connectivity index (χ2v) is 6.79. The van der Waals surface area contributed by atoms with Crippen LogP contribution in [0.3, 0.4) is 0 Å². The fourth-order valence-electron chi connectivity index (χ4n) is 3.56. The number of nitrogens with zero attached hydrogens (tertiary/aromatic N) is 4. The summed E-state index contributed by atoms with van der Waals surface area (Å²) in [5.41, 5.74) is 0.789. The molecule has 10 heteroatoms. The van der Waals surface area contributed by atoms with Crippen molar-refractivity contribution in [1.82, 2.24) is 19.8 Å². The van der Waals surface area contributed by atoms with E-state index in [2.05, 4.69) is 21.9 Å². The molecule has 1 spiro atoms. The number of alkyl halides is 3. The van der Waals surface area contributed by atoms with Gasteiger partial charge >= 0.3 is 12.1 Å². The first-order chi connectivity index (χ1) is 12.7. The van der Waals surface area contributed by atoms with Crippen molar-refractivity contribution in [1.29, 1.82) is 0 Å². The summed E-state index contributed by atoms with van der Waals surface area (Å²) in [6.45, 7) is 2.86. The summed E-state index contributed by atoms with van der Waals surface area (Å²) in [5.74, 6) is -2.74. The molecule has 2 fully saturated rings. The SMILES string of the molecule is CN1CCCCC12CCN(C(=O)c1cnccn1)CC2.O=C(O)C(F)(F)F. The van der Waals surface area contributed by atoms with Crippen LogP contribution in [-0.2, 0) is 4.79 Å². The van der Waals surface area contributed by atoms with Gasteiger partial charge in [-0.15, -0.1) is 0 Å². The molecule has 0 saturated carbocycles. The predicted octanol–water partition coefficient (Wildman–Crippen LogP) is 2.20. The second kappa shape index (κ2) is 8.64. The standard InChI is InChI=1S/C15H22N4O.C2HF3O2/c1-18-9-3-2-4-15(18)5-10-19(11-6-15)14(20)13-12-16-7-8-17-13;3-2(4,5)1(6)7/h7-8,12H,2-6,9-11H2,1H3;(H,6,7). The molecule has 1 amide bonds. The zero-order valence-corrected chi connectivity index (χ0v) is 15.1. The van der Waals surface area contributed by atoms with E-state index in [4.69, 9.17) is 9.90 Å². The normalized spacial score (nSPS) is 19.9. The van der Waals surface area contributed by atoms with Crippen LogP contribution in [0, 0.1) is 0 Å². The van der Waals surface area contributed by atoms with Crippen LogP contribution < -0.4 is 0 Å². The van der Waals surface area contributed by atoms with E-state index in [1.165, 1.54) is 25.8 Å². The molecule has 27 heavy (non-hydrogen) atoms. The van der Waals surface area contributed by atoms with Gasteiger partial charge in [0, 0.05) is 31.0 Å². The van der Waals surface area contributed by atoms with E-state index in [1.54, 1.807) is 18.6 Å². The third-order valence-electron chi connectivity index (χ3n) is 5.20. The average molecular weight is 388 g/mol. The Hall–Kier alpha value is -2.23. The van der Waals surface area contributed by atoms with E-state index in [0.717, 1.165) is 25.9 Å². The van der Waals surface area contributed by atoms with Crippen LogP contribution in [0.1, 0.15) is 42.6 Å². The maximum Gasteiger partial charge on any atom is 0.490 e. The molecule has 3 heterocycles. The Morgan fingerprint density at radius 3 is 2.22 bits per heavy atom. The molecule has 1 aromatic heterocycles. The largest absolute Gasteiger partial charge is 0.490 e. The minimum Gasteiger partial charge on any atom is -0.475 e. The van der Waals surface area contributed by atoms with E-state index in [9.17, 15) is 18.0 Å². The highest BCUT2D eigenvalue weighted by atomic mass is 19.4. The number of piperidine rings is 2. The van der Waals surface area contributed by atoms with E-state index in [1.807, 2.05) is 4.90 Å². The predicted molar refractivity (Wildman–Crippen MR) is 90.1 cm³/mol. The van der Waals surface area contributed by atoms with Crippen LogP contribution in [0.4, 0.5) is 13.2 Å². The Bertz CT molecular complexity index is 647. The van der Waals surface area contributed by atoms with Gasteiger partial charge in [0.2, 0.25) is 0 Å². The van der Waals surface area contributed by atoms with Gasteiger partial charge in [0.15, 0.2) is 0 Å². The van der Waals surface area contributed by atoms with Crippen molar-refractivity contribution < 1.29 is 27.9 Å². The number of amides is 1. The average Bonchev–Trinajstić information content (AvgIpc) is 2.65. The highest BCUT2D eigenvalue weighted by Gasteiger charge is 2.40. The van der Waals surface area contributed by atoms with Crippen molar-refractivity contribution in [3.63, 3.8) is 0 Å². The van der Waals surface area contributed by atoms with E-state index in [-0.39, 0.29) is 5.91 Å². The first-order valence-electron chi connectivity index (χ1n) is 8.72. The molecular weight excluding hydrogens is 365 g/mol. The maximum absolute atomic E-state index is 12.4. The lowest BCUT2D eigenvalue weighted by molar-refractivity contribution is -0.192. The molecule has 0 unspecified atom stereocenters. The van der Waals surface area contributed by atoms with Crippen LogP contribution in [0.15, 0.2) is 18.6 Å². The highest BCUT2D eigenvalue weighted by molar-refractivity contribution is 5.92. The fourth-order valence-corrected chi connectivity index (χ4v) is 3.56. The number of aliphatic carboxylic acids is 1.